The van der Waals surface area contributed by atoms with Crippen molar-refractivity contribution >= 4 is 41.1 Å². The van der Waals surface area contributed by atoms with Crippen LogP contribution in [0.2, 0.25) is 0 Å². The minimum absolute atomic E-state index is 0.0493. The van der Waals surface area contributed by atoms with Crippen molar-refractivity contribution in [3.8, 4) is 11.5 Å². The highest BCUT2D eigenvalue weighted by atomic mass is 19.4. The molecule has 3 amide bonds. The summed E-state index contributed by atoms with van der Waals surface area (Å²) in [6.07, 6.45) is -4.42. The van der Waals surface area contributed by atoms with Crippen LogP contribution in [-0.4, -0.2) is 70.0 Å². The minimum Gasteiger partial charge on any atom is -0.423 e. The first-order valence-electron chi connectivity index (χ1n) is 13.8. The number of nitrogens with zero attached hydrogens (tertiary/aromatic N) is 2. The smallest absolute Gasteiger partial charge is 0.423 e. The van der Waals surface area contributed by atoms with E-state index in [2.05, 4.69) is 5.32 Å². The molecule has 1 aliphatic rings. The summed E-state index contributed by atoms with van der Waals surface area (Å²) in [6, 6.07) is 8.59. The van der Waals surface area contributed by atoms with Crippen LogP contribution in [0.15, 0.2) is 54.7 Å². The number of halogens is 3. The Labute approximate surface area is 256 Å². The maximum absolute atomic E-state index is 13.9. The molecule has 2 aromatic rings. The van der Waals surface area contributed by atoms with E-state index in [4.69, 9.17) is 9.47 Å². The Morgan fingerprint density at radius 2 is 1.51 bits per heavy atom. The Hall–Kier alpha value is -5.01. The topological polar surface area (TPSA) is 139 Å². The molecule has 0 bridgehead atoms. The molecule has 240 valence electrons. The Morgan fingerprint density at radius 1 is 0.911 bits per heavy atom. The first-order valence-corrected chi connectivity index (χ1v) is 13.8. The Morgan fingerprint density at radius 3 is 2.04 bits per heavy atom. The number of carbonyl (C=O) groups is 6. The Kier molecular flexibility index (Phi) is 10.9. The minimum atomic E-state index is -5.25. The van der Waals surface area contributed by atoms with Gasteiger partial charge in [-0.05, 0) is 29.7 Å². The van der Waals surface area contributed by atoms with Gasteiger partial charge in [0, 0.05) is 39.0 Å². The second-order valence-corrected chi connectivity index (χ2v) is 10.6. The summed E-state index contributed by atoms with van der Waals surface area (Å²) in [5, 5.41) is 2.12. The summed E-state index contributed by atoms with van der Waals surface area (Å²) in [4.78, 5) is 77.5. The van der Waals surface area contributed by atoms with Crippen LogP contribution < -0.4 is 14.8 Å². The molecule has 0 spiro atoms. The summed E-state index contributed by atoms with van der Waals surface area (Å²) in [5.74, 6) is -6.79. The third kappa shape index (κ3) is 8.77. The predicted octanol–water partition coefficient (Wildman–Crippen LogP) is 3.41. The second kappa shape index (κ2) is 14.2. The van der Waals surface area contributed by atoms with Gasteiger partial charge < -0.3 is 19.7 Å². The van der Waals surface area contributed by atoms with E-state index in [1.54, 1.807) is 32.0 Å². The maximum Gasteiger partial charge on any atom is 0.452 e. The van der Waals surface area contributed by atoms with E-state index in [0.29, 0.717) is 5.56 Å². The highest BCUT2D eigenvalue weighted by molar-refractivity contribution is 6.00. The number of ether oxygens (including phenoxy) is 2. The van der Waals surface area contributed by atoms with Gasteiger partial charge in [0.1, 0.15) is 18.6 Å². The van der Waals surface area contributed by atoms with Crippen molar-refractivity contribution in [3.63, 3.8) is 0 Å². The van der Waals surface area contributed by atoms with Gasteiger partial charge in [-0.15, -0.1) is 0 Å². The highest BCUT2D eigenvalue weighted by Crippen LogP contribution is 2.35. The van der Waals surface area contributed by atoms with Gasteiger partial charge in [-0.25, -0.2) is 0 Å². The van der Waals surface area contributed by atoms with E-state index in [9.17, 15) is 41.9 Å². The molecule has 14 heteroatoms. The lowest BCUT2D eigenvalue weighted by atomic mass is 9.96. The summed E-state index contributed by atoms with van der Waals surface area (Å²) < 4.78 is 50.7. The van der Waals surface area contributed by atoms with Crippen molar-refractivity contribution < 1.29 is 51.4 Å². The number of hydrogen-bond acceptors (Lipinski definition) is 8. The molecule has 0 saturated carbocycles. The number of Topliss-reactive ketones (excluding diaryl/α,β-unsaturated/α-hetero) is 1. The fourth-order valence-electron chi connectivity index (χ4n) is 4.75. The molecule has 45 heavy (non-hydrogen) atoms. The van der Waals surface area contributed by atoms with Gasteiger partial charge in [0.05, 0.1) is 5.70 Å². The van der Waals surface area contributed by atoms with Crippen LogP contribution in [0.1, 0.15) is 45.7 Å². The van der Waals surface area contributed by atoms with Crippen LogP contribution in [0.5, 0.6) is 11.5 Å². The van der Waals surface area contributed by atoms with Crippen molar-refractivity contribution in [1.29, 1.82) is 0 Å². The molecule has 0 saturated heterocycles. The summed E-state index contributed by atoms with van der Waals surface area (Å²) in [5.41, 5.74) is 0.439. The second-order valence-electron chi connectivity index (χ2n) is 10.6. The molecule has 2 aromatic carbocycles. The van der Waals surface area contributed by atoms with E-state index in [1.807, 2.05) is 0 Å². The number of rotatable bonds is 10. The molecule has 0 radical (unpaired) electrons. The van der Waals surface area contributed by atoms with E-state index < -0.39 is 72.6 Å². The number of nitrogens with one attached hydrogen (secondary N) is 1. The fourth-order valence-corrected chi connectivity index (χ4v) is 4.75. The van der Waals surface area contributed by atoms with Crippen molar-refractivity contribution in [2.45, 2.75) is 59.3 Å². The molecule has 1 aliphatic heterocycles. The van der Waals surface area contributed by atoms with Crippen molar-refractivity contribution in [2.24, 2.45) is 5.92 Å². The standard InChI is InChI=1S/C31H32F3N3O8/c1-17(2)28-30(43)37(16-27(41)35-23(29(42)31(32,33)34)13-21-9-7-6-8-10-21)24(15-36(28)18(3)38)22-11-12-25(44-19(4)39)26(14-22)45-20(5)40/h6-12,14-15,17,23,28H,13,16H2,1-5H3,(H,35,41). The van der Waals surface area contributed by atoms with Gasteiger partial charge in [-0.1, -0.05) is 44.2 Å². The summed E-state index contributed by atoms with van der Waals surface area (Å²) in [6.45, 7) is 5.96. The molecule has 0 aliphatic carbocycles. The first kappa shape index (κ1) is 34.5. The van der Waals surface area contributed by atoms with Crippen LogP contribution in [0.4, 0.5) is 13.2 Å². The molecule has 1 N–H and O–H groups in total. The van der Waals surface area contributed by atoms with Crippen LogP contribution in [0.25, 0.3) is 5.70 Å². The SMILES string of the molecule is CC(=O)Oc1ccc(C2=CN(C(C)=O)C(C(C)C)C(=O)N2CC(=O)NC(Cc2ccccc2)C(=O)C(F)(F)F)cc1OC(C)=O. The first-order chi connectivity index (χ1) is 21.0. The molecule has 0 fully saturated rings. The van der Waals surface area contributed by atoms with Gasteiger partial charge >= 0.3 is 18.1 Å². The number of hydrogen-bond donors (Lipinski definition) is 1. The Bertz CT molecular complexity index is 1520. The van der Waals surface area contributed by atoms with Crippen molar-refractivity contribution in [2.75, 3.05) is 6.54 Å². The zero-order valence-electron chi connectivity index (χ0n) is 25.1. The van der Waals surface area contributed by atoms with Gasteiger partial charge in [0.2, 0.25) is 11.8 Å². The molecular formula is C31H32F3N3O8. The normalized spacial score (nSPS) is 15.7. The van der Waals surface area contributed by atoms with Crippen LogP contribution >= 0.6 is 0 Å². The fraction of sp³-hybridized carbons (Fsp3) is 0.355. The zero-order chi connectivity index (χ0) is 33.6. The largest absolute Gasteiger partial charge is 0.452 e. The monoisotopic (exact) mass is 631 g/mol. The van der Waals surface area contributed by atoms with Gasteiger partial charge in [-0.3, -0.25) is 33.7 Å². The number of esters is 2. The number of alkyl halides is 3. The van der Waals surface area contributed by atoms with E-state index in [1.165, 1.54) is 43.5 Å². The molecule has 0 aromatic heterocycles. The zero-order valence-corrected chi connectivity index (χ0v) is 25.1. The van der Waals surface area contributed by atoms with Crippen molar-refractivity contribution in [3.05, 3.63) is 65.9 Å². The lowest BCUT2D eigenvalue weighted by Gasteiger charge is -2.40. The molecule has 3 rings (SSSR count). The third-order valence-electron chi connectivity index (χ3n) is 6.63. The predicted molar refractivity (Wildman–Crippen MR) is 153 cm³/mol. The number of carbonyl (C=O) groups excluding carboxylic acids is 6. The maximum atomic E-state index is 13.9. The molecule has 2 atom stereocenters. The summed E-state index contributed by atoms with van der Waals surface area (Å²) in [7, 11) is 0. The van der Waals surface area contributed by atoms with E-state index >= 15 is 0 Å². The van der Waals surface area contributed by atoms with Crippen molar-refractivity contribution in [1.82, 2.24) is 15.1 Å². The van der Waals surface area contributed by atoms with E-state index in [0.717, 1.165) is 23.6 Å². The molecule has 11 nitrogen and oxygen atoms in total. The van der Waals surface area contributed by atoms with Gasteiger partial charge in [0.25, 0.3) is 11.7 Å². The van der Waals surface area contributed by atoms with Crippen LogP contribution in [0, 0.1) is 5.92 Å². The number of ketones is 1. The molecular weight excluding hydrogens is 599 g/mol. The molecule has 2 unspecified atom stereocenters. The number of amides is 3. The van der Waals surface area contributed by atoms with Crippen LogP contribution in [-0.2, 0) is 35.2 Å². The third-order valence-corrected chi connectivity index (χ3v) is 6.63. The number of benzene rings is 2. The summed E-state index contributed by atoms with van der Waals surface area (Å²) >= 11 is 0. The lowest BCUT2D eigenvalue weighted by Crippen LogP contribution is -2.57. The highest BCUT2D eigenvalue weighted by Gasteiger charge is 2.45. The molecule has 1 heterocycles. The van der Waals surface area contributed by atoms with Crippen LogP contribution in [0.3, 0.4) is 0 Å². The van der Waals surface area contributed by atoms with Gasteiger partial charge in [-0.2, -0.15) is 13.2 Å². The average molecular weight is 632 g/mol. The van der Waals surface area contributed by atoms with E-state index in [-0.39, 0.29) is 22.8 Å². The quantitative estimate of drug-likeness (QED) is 0.311. The van der Waals surface area contributed by atoms with Gasteiger partial charge in [0.15, 0.2) is 11.5 Å². The Balaban J connectivity index is 2.07. The average Bonchev–Trinajstić information content (AvgIpc) is 2.93. The lowest BCUT2D eigenvalue weighted by molar-refractivity contribution is -0.173.